The Bertz CT molecular complexity index is 981. The van der Waals surface area contributed by atoms with Crippen molar-refractivity contribution in [3.8, 4) is 0 Å². The van der Waals surface area contributed by atoms with Gasteiger partial charge in [-0.2, -0.15) is 0 Å². The number of rotatable bonds is 7. The first-order valence-corrected chi connectivity index (χ1v) is 8.21. The number of ether oxygens (including phenoxy) is 1. The second kappa shape index (κ2) is 7.87. The van der Waals surface area contributed by atoms with Crippen LogP contribution in [0.4, 0.5) is 5.82 Å². The number of hydrogen-bond acceptors (Lipinski definition) is 13. The molecule has 0 aliphatic carbocycles. The Morgan fingerprint density at radius 1 is 1.27 bits per heavy atom. The SMILES string of the molecule is CN(C)C(=O)C(O)[C@H]1O[C@@H](n2cnc3c(N)ncnc32)[C@H](O[N+](=O)[O-])[C@@H]1O[N+](=O)[O-]. The number of likely N-dealkylation sites (N-methyl/N-ethyl adjacent to an activating group) is 1. The molecule has 0 aromatic carbocycles. The van der Waals surface area contributed by atoms with Crippen molar-refractivity contribution >= 4 is 22.9 Å². The van der Waals surface area contributed by atoms with E-state index in [2.05, 4.69) is 24.6 Å². The number of imidazole rings is 1. The van der Waals surface area contributed by atoms with Gasteiger partial charge in [0.25, 0.3) is 16.1 Å². The van der Waals surface area contributed by atoms with Gasteiger partial charge in [-0.05, 0) is 0 Å². The van der Waals surface area contributed by atoms with E-state index in [1.807, 2.05) is 0 Å². The van der Waals surface area contributed by atoms with Crippen LogP contribution in [0.5, 0.6) is 0 Å². The van der Waals surface area contributed by atoms with Gasteiger partial charge in [0.15, 0.2) is 36.0 Å². The smallest absolute Gasteiger partial charge is 0.295 e. The van der Waals surface area contributed by atoms with Gasteiger partial charge in [-0.1, -0.05) is 0 Å². The molecule has 1 unspecified atom stereocenters. The number of nitrogens with zero attached hydrogens (tertiary/aromatic N) is 7. The van der Waals surface area contributed by atoms with Crippen LogP contribution in [-0.4, -0.2) is 84.1 Å². The van der Waals surface area contributed by atoms with E-state index >= 15 is 0 Å². The summed E-state index contributed by atoms with van der Waals surface area (Å²) in [6, 6.07) is 0. The standard InChI is InChI=1S/C13H16N8O9/c1-18(2)12(23)6(22)7-8(29-20(24)25)9(30-21(26)27)13(28-7)19-4-17-5-10(14)15-3-16-11(5)19/h3-4,6-9,13,22H,1-2H3,(H2,14,15,16)/t6?,7-,8-,9-,13-/m1/s1. The zero-order chi connectivity index (χ0) is 22.2. The Morgan fingerprint density at radius 2 is 1.90 bits per heavy atom. The Balaban J connectivity index is 2.08. The number of carbonyl (C=O) groups is 1. The summed E-state index contributed by atoms with van der Waals surface area (Å²) in [5.41, 5.74) is 5.91. The van der Waals surface area contributed by atoms with E-state index < -0.39 is 46.7 Å². The maximum atomic E-state index is 12.2. The molecular weight excluding hydrogens is 412 g/mol. The van der Waals surface area contributed by atoms with Gasteiger partial charge in [0, 0.05) is 14.1 Å². The molecule has 3 N–H and O–H groups in total. The highest BCUT2D eigenvalue weighted by atomic mass is 17.0. The summed E-state index contributed by atoms with van der Waals surface area (Å²) in [5.74, 6) is -0.875. The van der Waals surface area contributed by atoms with Gasteiger partial charge in [0.05, 0.1) is 6.33 Å². The summed E-state index contributed by atoms with van der Waals surface area (Å²) < 4.78 is 6.72. The van der Waals surface area contributed by atoms with Gasteiger partial charge in [-0.3, -0.25) is 9.36 Å². The molecule has 1 fully saturated rings. The van der Waals surface area contributed by atoms with Crippen molar-refractivity contribution in [1.29, 1.82) is 0 Å². The predicted molar refractivity (Wildman–Crippen MR) is 92.1 cm³/mol. The molecule has 2 aromatic heterocycles. The third-order valence-electron chi connectivity index (χ3n) is 4.31. The van der Waals surface area contributed by atoms with Crippen LogP contribution in [0.15, 0.2) is 12.7 Å². The minimum Gasteiger partial charge on any atom is -0.382 e. The van der Waals surface area contributed by atoms with Crippen molar-refractivity contribution in [3.05, 3.63) is 32.9 Å². The first kappa shape index (κ1) is 20.9. The van der Waals surface area contributed by atoms with E-state index in [-0.39, 0.29) is 17.0 Å². The zero-order valence-electron chi connectivity index (χ0n) is 15.5. The Labute approximate surface area is 166 Å². The van der Waals surface area contributed by atoms with Crippen molar-refractivity contribution in [2.75, 3.05) is 19.8 Å². The summed E-state index contributed by atoms with van der Waals surface area (Å²) in [7, 11) is 2.66. The molecule has 0 radical (unpaired) electrons. The van der Waals surface area contributed by atoms with Gasteiger partial charge in [0.2, 0.25) is 0 Å². The molecule has 162 valence electrons. The number of carbonyl (C=O) groups excluding carboxylic acids is 1. The molecule has 30 heavy (non-hydrogen) atoms. The number of aliphatic hydroxyl groups excluding tert-OH is 1. The lowest BCUT2D eigenvalue weighted by molar-refractivity contribution is -0.798. The van der Waals surface area contributed by atoms with E-state index in [1.54, 1.807) is 0 Å². The van der Waals surface area contributed by atoms with Crippen LogP contribution in [0, 0.1) is 20.2 Å². The quantitative estimate of drug-likeness (QED) is 0.357. The molecule has 1 aliphatic rings. The largest absolute Gasteiger partial charge is 0.382 e. The second-order valence-electron chi connectivity index (χ2n) is 6.34. The third kappa shape index (κ3) is 3.70. The fourth-order valence-corrected chi connectivity index (χ4v) is 3.04. The molecule has 1 saturated heterocycles. The van der Waals surface area contributed by atoms with E-state index in [4.69, 9.17) is 10.5 Å². The van der Waals surface area contributed by atoms with Gasteiger partial charge in [-0.15, -0.1) is 20.2 Å². The van der Waals surface area contributed by atoms with Crippen molar-refractivity contribution in [2.45, 2.75) is 30.6 Å². The lowest BCUT2D eigenvalue weighted by Gasteiger charge is -2.24. The topological polar surface area (TPSA) is 224 Å². The van der Waals surface area contributed by atoms with E-state index in [0.717, 1.165) is 22.1 Å². The van der Waals surface area contributed by atoms with Gasteiger partial charge >= 0.3 is 0 Å². The Morgan fingerprint density at radius 3 is 2.50 bits per heavy atom. The van der Waals surface area contributed by atoms with E-state index in [9.17, 15) is 30.1 Å². The fourth-order valence-electron chi connectivity index (χ4n) is 3.04. The lowest BCUT2D eigenvalue weighted by atomic mass is 10.0. The van der Waals surface area contributed by atoms with Crippen LogP contribution < -0.4 is 5.73 Å². The minimum absolute atomic E-state index is 0.000883. The average molecular weight is 428 g/mol. The van der Waals surface area contributed by atoms with Crippen LogP contribution in [0.1, 0.15) is 6.23 Å². The monoisotopic (exact) mass is 428 g/mol. The maximum absolute atomic E-state index is 12.2. The van der Waals surface area contributed by atoms with Crippen molar-refractivity contribution in [2.24, 2.45) is 0 Å². The fraction of sp³-hybridized carbons (Fsp3) is 0.538. The second-order valence-corrected chi connectivity index (χ2v) is 6.34. The molecule has 1 aliphatic heterocycles. The zero-order valence-corrected chi connectivity index (χ0v) is 15.5. The first-order valence-electron chi connectivity index (χ1n) is 8.21. The molecule has 3 rings (SSSR count). The first-order chi connectivity index (χ1) is 14.1. The van der Waals surface area contributed by atoms with E-state index in [1.165, 1.54) is 14.1 Å². The number of nitrogen functional groups attached to an aromatic ring is 1. The normalized spacial score (nSPS) is 24.4. The minimum atomic E-state index is -1.96. The van der Waals surface area contributed by atoms with Crippen molar-refractivity contribution in [1.82, 2.24) is 24.4 Å². The van der Waals surface area contributed by atoms with E-state index in [0.29, 0.717) is 0 Å². The molecule has 0 bridgehead atoms. The highest BCUT2D eigenvalue weighted by Gasteiger charge is 2.55. The number of amides is 1. The summed E-state index contributed by atoms with van der Waals surface area (Å²) in [6.45, 7) is 0. The summed E-state index contributed by atoms with van der Waals surface area (Å²) in [4.78, 5) is 56.0. The molecule has 2 aromatic rings. The van der Waals surface area contributed by atoms with Crippen molar-refractivity contribution in [3.63, 3.8) is 0 Å². The summed E-state index contributed by atoms with van der Waals surface area (Å²) >= 11 is 0. The molecule has 3 heterocycles. The van der Waals surface area contributed by atoms with Crippen LogP contribution in [0.2, 0.25) is 0 Å². The maximum Gasteiger partial charge on any atom is 0.295 e. The number of nitrogens with two attached hydrogens (primary N) is 1. The number of fused-ring (bicyclic) bond motifs is 1. The average Bonchev–Trinajstić information content (AvgIpc) is 3.23. The van der Waals surface area contributed by atoms with Gasteiger partial charge < -0.3 is 30.2 Å². The molecule has 0 saturated carbocycles. The number of anilines is 1. The lowest BCUT2D eigenvalue weighted by Crippen LogP contribution is -2.49. The molecule has 5 atom stereocenters. The third-order valence-corrected chi connectivity index (χ3v) is 4.31. The summed E-state index contributed by atoms with van der Waals surface area (Å²) in [5, 5.41) is 29.9. The van der Waals surface area contributed by atoms with Gasteiger partial charge in [-0.25, -0.2) is 15.0 Å². The number of aromatic nitrogens is 4. The number of hydrogen-bond donors (Lipinski definition) is 2. The van der Waals surface area contributed by atoms with Crippen LogP contribution in [0.25, 0.3) is 11.2 Å². The highest BCUT2D eigenvalue weighted by Crippen LogP contribution is 2.37. The molecule has 1 amide bonds. The molecule has 17 heteroatoms. The molecule has 0 spiro atoms. The molecular formula is C13H16N8O9. The molecule has 17 nitrogen and oxygen atoms in total. The van der Waals surface area contributed by atoms with Crippen molar-refractivity contribution < 1.29 is 34.5 Å². The van der Waals surface area contributed by atoms with Gasteiger partial charge in [0.1, 0.15) is 17.9 Å². The predicted octanol–water partition coefficient (Wildman–Crippen LogP) is -2.09. The van der Waals surface area contributed by atoms with Crippen LogP contribution in [0.3, 0.4) is 0 Å². The number of aliphatic hydroxyl groups is 1. The Kier molecular flexibility index (Phi) is 5.47. The Hall–Kier alpha value is -3.86. The van der Waals surface area contributed by atoms with Crippen LogP contribution >= 0.6 is 0 Å². The summed E-state index contributed by atoms with van der Waals surface area (Å²) in [6.07, 6.45) is -6.52. The van der Waals surface area contributed by atoms with Crippen LogP contribution in [-0.2, 0) is 19.2 Å². The highest BCUT2D eigenvalue weighted by molar-refractivity contribution is 5.81.